The van der Waals surface area contributed by atoms with Gasteiger partial charge in [-0.1, -0.05) is 82.3 Å². The first-order valence-corrected chi connectivity index (χ1v) is 14.9. The third-order valence-electron chi connectivity index (χ3n) is 4.97. The van der Waals surface area contributed by atoms with Crippen LogP contribution in [0.4, 0.5) is 0 Å². The van der Waals surface area contributed by atoms with Crippen LogP contribution in [-0.4, -0.2) is 5.75 Å². The Hall–Kier alpha value is -1.74. The highest BCUT2D eigenvalue weighted by molar-refractivity contribution is 8.68. The van der Waals surface area contributed by atoms with Crippen LogP contribution >= 0.6 is 17.1 Å². The van der Waals surface area contributed by atoms with Crippen molar-refractivity contribution in [3.05, 3.63) is 95.6 Å². The average Bonchev–Trinajstić information content (AvgIpc) is 2.74. The number of aryl methyl sites for hydroxylation is 1. The maximum Gasteiger partial charge on any atom is 0.348 e. The van der Waals surface area contributed by atoms with Gasteiger partial charge < -0.3 is 9.05 Å². The van der Waals surface area contributed by atoms with Gasteiger partial charge in [0.2, 0.25) is 0 Å². The van der Waals surface area contributed by atoms with E-state index in [1.165, 1.54) is 16.7 Å². The van der Waals surface area contributed by atoms with Crippen molar-refractivity contribution in [2.75, 3.05) is 5.75 Å². The summed E-state index contributed by atoms with van der Waals surface area (Å²) in [4.78, 5) is 0. The molecule has 0 fully saturated rings. The molecule has 5 heteroatoms. The minimum Gasteiger partial charge on any atom is -0.428 e. The highest BCUT2D eigenvalue weighted by Crippen LogP contribution is 2.60. The Bertz CT molecular complexity index is 961. The predicted octanol–water partition coefficient (Wildman–Crippen LogP) is 8.59. The van der Waals surface area contributed by atoms with Crippen LogP contribution in [-0.2, 0) is 18.2 Å². The molecule has 0 heterocycles. The van der Waals surface area contributed by atoms with E-state index in [1.807, 2.05) is 30.3 Å². The molecule has 0 bridgehead atoms. The summed E-state index contributed by atoms with van der Waals surface area (Å²) in [6, 6.07) is 26.9. The summed E-state index contributed by atoms with van der Waals surface area (Å²) in [7, 11) is 0. The fourth-order valence-electron chi connectivity index (χ4n) is 3.11. The molecule has 0 aliphatic carbocycles. The summed E-state index contributed by atoms with van der Waals surface area (Å²) in [5.41, 5.74) is 1.10. The molecule has 0 aromatic heterocycles. The monoisotopic (exact) mass is 470 g/mol. The Kier molecular flexibility index (Phi) is 8.66. The van der Waals surface area contributed by atoms with Crippen LogP contribution in [0, 0.1) is 0 Å². The number of hydrogen-bond donors (Lipinski definition) is 0. The Morgan fingerprint density at radius 3 is 1.74 bits per heavy atom. The van der Waals surface area contributed by atoms with Gasteiger partial charge >= 0.3 is 5.69 Å². The molecule has 164 valence electrons. The normalized spacial score (nSPS) is 11.7. The van der Waals surface area contributed by atoms with E-state index in [9.17, 15) is 0 Å². The molecule has 0 radical (unpaired) electrons. The molecular weight excluding hydrogens is 439 g/mol. The molecule has 0 aliphatic heterocycles. The third kappa shape index (κ3) is 7.42. The lowest BCUT2D eigenvalue weighted by Gasteiger charge is -2.24. The average molecular weight is 471 g/mol. The smallest absolute Gasteiger partial charge is 0.348 e. The van der Waals surface area contributed by atoms with E-state index in [-0.39, 0.29) is 0 Å². The summed E-state index contributed by atoms with van der Waals surface area (Å²) in [6.07, 6.45) is 0.925. The van der Waals surface area contributed by atoms with Gasteiger partial charge in [-0.05, 0) is 82.4 Å². The second-order valence-electron chi connectivity index (χ2n) is 8.15. The first kappa shape index (κ1) is 23.9. The zero-order valence-corrected chi connectivity index (χ0v) is 21.2. The molecule has 0 saturated carbocycles. The highest BCUT2D eigenvalue weighted by Gasteiger charge is 2.24. The molecule has 0 amide bonds. The molecule has 3 aromatic rings. The van der Waals surface area contributed by atoms with Crippen molar-refractivity contribution in [3.63, 3.8) is 0 Å². The third-order valence-corrected chi connectivity index (χ3v) is 9.88. The van der Waals surface area contributed by atoms with Gasteiger partial charge in [-0.3, -0.25) is 0 Å². The van der Waals surface area contributed by atoms with Crippen molar-refractivity contribution in [1.82, 2.24) is 0 Å². The quantitative estimate of drug-likeness (QED) is 0.276. The molecule has 0 N–H and O–H groups in total. The largest absolute Gasteiger partial charge is 0.428 e. The SMILES string of the molecule is CC(C)c1cccc(OP(=S)(Oc2cccc(C(C)C)c2)SCCc2ccccc2)c1. The zero-order valence-electron chi connectivity index (χ0n) is 18.7. The molecule has 0 saturated heterocycles. The zero-order chi connectivity index (χ0) is 22.3. The van der Waals surface area contributed by atoms with E-state index in [0.29, 0.717) is 11.8 Å². The van der Waals surface area contributed by atoms with Crippen molar-refractivity contribution in [2.45, 2.75) is 46.0 Å². The van der Waals surface area contributed by atoms with Gasteiger partial charge in [-0.15, -0.1) is 0 Å². The lowest BCUT2D eigenvalue weighted by atomic mass is 10.0. The van der Waals surface area contributed by atoms with E-state index >= 15 is 0 Å². The lowest BCUT2D eigenvalue weighted by molar-refractivity contribution is 0.505. The maximum absolute atomic E-state index is 6.40. The molecule has 0 aliphatic rings. The van der Waals surface area contributed by atoms with Gasteiger partial charge in [-0.25, -0.2) is 0 Å². The molecule has 0 atom stereocenters. The summed E-state index contributed by atoms with van der Waals surface area (Å²) in [6.45, 7) is 8.71. The van der Waals surface area contributed by atoms with E-state index < -0.39 is 5.69 Å². The molecule has 0 unspecified atom stereocenters. The Labute approximate surface area is 196 Å². The van der Waals surface area contributed by atoms with E-state index in [4.69, 9.17) is 20.9 Å². The van der Waals surface area contributed by atoms with Crippen molar-refractivity contribution >= 4 is 28.9 Å². The van der Waals surface area contributed by atoms with Gasteiger partial charge in [-0.2, -0.15) is 0 Å². The highest BCUT2D eigenvalue weighted by atomic mass is 32.9. The second kappa shape index (κ2) is 11.2. The number of hydrogen-bond acceptors (Lipinski definition) is 4. The Balaban J connectivity index is 1.81. The van der Waals surface area contributed by atoms with E-state index in [2.05, 4.69) is 76.2 Å². The first-order chi connectivity index (χ1) is 14.8. The summed E-state index contributed by atoms with van der Waals surface area (Å²) >= 11 is 7.65. The summed E-state index contributed by atoms with van der Waals surface area (Å²) < 4.78 is 12.8. The maximum atomic E-state index is 6.40. The predicted molar refractivity (Wildman–Crippen MR) is 139 cm³/mol. The molecule has 3 aromatic carbocycles. The van der Waals surface area contributed by atoms with Gasteiger partial charge in [0.15, 0.2) is 0 Å². The standard InChI is InChI=1S/C26H31O2PS2/c1-20(2)23-12-8-14-25(18-23)27-29(30,31-17-16-22-10-6-5-7-11-22)28-26-15-9-13-24(19-26)21(3)4/h5-15,18-21H,16-17H2,1-4H3. The minimum absolute atomic E-state index is 0.427. The van der Waals surface area contributed by atoms with E-state index in [0.717, 1.165) is 23.7 Å². The van der Waals surface area contributed by atoms with Crippen molar-refractivity contribution in [3.8, 4) is 11.5 Å². The molecule has 2 nitrogen and oxygen atoms in total. The van der Waals surface area contributed by atoms with Crippen LogP contribution in [0.15, 0.2) is 78.9 Å². The second-order valence-corrected chi connectivity index (χ2v) is 14.4. The van der Waals surface area contributed by atoms with Gasteiger partial charge in [0.05, 0.1) is 0 Å². The van der Waals surface area contributed by atoms with Gasteiger partial charge in [0.25, 0.3) is 0 Å². The first-order valence-electron chi connectivity index (χ1n) is 10.7. The Morgan fingerprint density at radius 2 is 1.26 bits per heavy atom. The van der Waals surface area contributed by atoms with Crippen LogP contribution in [0.2, 0.25) is 0 Å². The van der Waals surface area contributed by atoms with E-state index in [1.54, 1.807) is 11.4 Å². The van der Waals surface area contributed by atoms with Crippen LogP contribution in [0.25, 0.3) is 0 Å². The molecule has 3 rings (SSSR count). The fraction of sp³-hybridized carbons (Fsp3) is 0.308. The number of rotatable bonds is 10. The van der Waals surface area contributed by atoms with Gasteiger partial charge in [0.1, 0.15) is 11.5 Å². The fourth-order valence-corrected chi connectivity index (χ4v) is 7.51. The minimum atomic E-state index is -2.65. The van der Waals surface area contributed by atoms with Crippen LogP contribution in [0.1, 0.15) is 56.2 Å². The molecule has 31 heavy (non-hydrogen) atoms. The Morgan fingerprint density at radius 1 is 0.742 bits per heavy atom. The van der Waals surface area contributed by atoms with Crippen molar-refractivity contribution in [2.24, 2.45) is 0 Å². The van der Waals surface area contributed by atoms with Gasteiger partial charge in [0, 0.05) is 5.75 Å². The van der Waals surface area contributed by atoms with Crippen molar-refractivity contribution in [1.29, 1.82) is 0 Å². The summed E-state index contributed by atoms with van der Waals surface area (Å²) in [5, 5.41) is 0. The van der Waals surface area contributed by atoms with Crippen LogP contribution in [0.3, 0.4) is 0 Å². The van der Waals surface area contributed by atoms with Crippen LogP contribution in [0.5, 0.6) is 11.5 Å². The lowest BCUT2D eigenvalue weighted by Crippen LogP contribution is -2.01. The van der Waals surface area contributed by atoms with Crippen LogP contribution < -0.4 is 9.05 Å². The molecular formula is C26H31O2PS2. The summed E-state index contributed by atoms with van der Waals surface area (Å²) in [5.74, 6) is 3.25. The molecule has 0 spiro atoms. The number of benzene rings is 3. The van der Waals surface area contributed by atoms with Crippen molar-refractivity contribution < 1.29 is 9.05 Å². The topological polar surface area (TPSA) is 18.5 Å².